The number of hydrogen-bond donors (Lipinski definition) is 1. The first-order chi connectivity index (χ1) is 8.74. The summed E-state index contributed by atoms with van der Waals surface area (Å²) in [5, 5.41) is 3.13. The monoisotopic (exact) mass is 262 g/mol. The van der Waals surface area contributed by atoms with Crippen molar-refractivity contribution < 1.29 is 4.79 Å². The van der Waals surface area contributed by atoms with Crippen LogP contribution in [0.15, 0.2) is 30.3 Å². The molecular formula is C14H19N2OP. The number of rotatable bonds is 3. The van der Waals surface area contributed by atoms with Gasteiger partial charge in [-0.1, -0.05) is 27.6 Å². The van der Waals surface area contributed by atoms with Crippen LogP contribution in [0.4, 0.5) is 0 Å². The van der Waals surface area contributed by atoms with E-state index >= 15 is 0 Å². The van der Waals surface area contributed by atoms with E-state index in [4.69, 9.17) is 0 Å². The number of carbonyl (C=O) groups excluding carboxylic acids is 1. The smallest absolute Gasteiger partial charge is 0.254 e. The molecular weight excluding hydrogens is 243 g/mol. The molecule has 4 heteroatoms. The second-order valence-electron chi connectivity index (χ2n) is 5.57. The molecule has 0 radical (unpaired) electrons. The van der Waals surface area contributed by atoms with Crippen molar-refractivity contribution in [3.63, 3.8) is 0 Å². The average molecular weight is 262 g/mol. The molecule has 1 N–H and O–H groups in total. The Balaban J connectivity index is 1.79. The molecule has 0 bridgehead atoms. The van der Waals surface area contributed by atoms with Crippen LogP contribution in [-0.4, -0.2) is 29.9 Å². The topological polar surface area (TPSA) is 32.3 Å². The van der Waals surface area contributed by atoms with Crippen molar-refractivity contribution in [2.45, 2.75) is 25.3 Å². The molecule has 1 unspecified atom stereocenters. The summed E-state index contributed by atoms with van der Waals surface area (Å²) in [6.45, 7) is 1.81. The summed E-state index contributed by atoms with van der Waals surface area (Å²) in [4.78, 5) is 14.6. The van der Waals surface area contributed by atoms with Crippen LogP contribution in [0.2, 0.25) is 0 Å². The lowest BCUT2D eigenvalue weighted by atomic mass is 10.0. The van der Waals surface area contributed by atoms with Crippen molar-refractivity contribution >= 4 is 15.3 Å². The highest BCUT2D eigenvalue weighted by Gasteiger charge is 2.52. The van der Waals surface area contributed by atoms with Crippen molar-refractivity contribution in [1.82, 2.24) is 9.99 Å². The molecule has 1 aliphatic carbocycles. The maximum atomic E-state index is 12.5. The number of nitrogens with one attached hydrogen (secondary N) is 1. The van der Waals surface area contributed by atoms with Gasteiger partial charge in [-0.05, 0) is 36.8 Å². The molecule has 2 fully saturated rings. The average Bonchev–Trinajstić information content (AvgIpc) is 3.05. The first-order valence-electron chi connectivity index (χ1n) is 6.54. The van der Waals surface area contributed by atoms with E-state index in [0.29, 0.717) is 11.5 Å². The van der Waals surface area contributed by atoms with Crippen LogP contribution in [0.25, 0.3) is 0 Å². The third-order valence-electron chi connectivity index (χ3n) is 4.21. The SMILES string of the molecule is O=C(c1ccccc1)N1CC2(CC2)C[C@H]1CNP. The predicted octanol–water partition coefficient (Wildman–Crippen LogP) is 2.06. The molecule has 2 atom stereocenters. The molecule has 1 heterocycles. The van der Waals surface area contributed by atoms with Gasteiger partial charge >= 0.3 is 0 Å². The molecule has 96 valence electrons. The number of carbonyl (C=O) groups is 1. The summed E-state index contributed by atoms with van der Waals surface area (Å²) in [6, 6.07) is 9.97. The Bertz CT molecular complexity index is 444. The van der Waals surface area contributed by atoms with Crippen LogP contribution in [0.1, 0.15) is 29.6 Å². The zero-order valence-electron chi connectivity index (χ0n) is 10.4. The van der Waals surface area contributed by atoms with Crippen LogP contribution >= 0.6 is 9.39 Å². The van der Waals surface area contributed by atoms with Gasteiger partial charge < -0.3 is 4.90 Å². The van der Waals surface area contributed by atoms with Crippen LogP contribution in [0.5, 0.6) is 0 Å². The van der Waals surface area contributed by atoms with Gasteiger partial charge in [0.15, 0.2) is 0 Å². The van der Waals surface area contributed by atoms with Gasteiger partial charge in [-0.2, -0.15) is 0 Å². The van der Waals surface area contributed by atoms with Gasteiger partial charge in [0.2, 0.25) is 0 Å². The van der Waals surface area contributed by atoms with Crippen molar-refractivity contribution in [3.05, 3.63) is 35.9 Å². The molecule has 1 saturated heterocycles. The maximum Gasteiger partial charge on any atom is 0.254 e. The largest absolute Gasteiger partial charge is 0.334 e. The van der Waals surface area contributed by atoms with Gasteiger partial charge in [-0.3, -0.25) is 9.88 Å². The standard InChI is InChI=1S/C14H19N2OP/c17-13(11-4-2-1-3-5-11)16-10-14(6-7-14)8-12(16)9-15-18/h1-5,12,15H,6-10,18H2/t12-/m0/s1. The number of nitrogens with zero attached hydrogens (tertiary/aromatic N) is 1. The van der Waals surface area contributed by atoms with Gasteiger partial charge in [-0.25, -0.2) is 0 Å². The fraction of sp³-hybridized carbons (Fsp3) is 0.500. The van der Waals surface area contributed by atoms with Crippen LogP contribution in [0, 0.1) is 5.41 Å². The number of benzene rings is 1. The third kappa shape index (κ3) is 2.17. The summed E-state index contributed by atoms with van der Waals surface area (Å²) in [5.74, 6) is 0.185. The van der Waals surface area contributed by atoms with Gasteiger partial charge in [0.05, 0.1) is 0 Å². The number of hydrogen-bond acceptors (Lipinski definition) is 2. The van der Waals surface area contributed by atoms with E-state index in [0.717, 1.165) is 25.1 Å². The first-order valence-corrected chi connectivity index (χ1v) is 7.11. The lowest BCUT2D eigenvalue weighted by Crippen LogP contribution is -2.40. The third-order valence-corrected chi connectivity index (χ3v) is 4.44. The van der Waals surface area contributed by atoms with E-state index < -0.39 is 0 Å². The fourth-order valence-electron chi connectivity index (χ4n) is 3.01. The molecule has 0 aromatic heterocycles. The highest BCUT2D eigenvalue weighted by atomic mass is 31.0. The van der Waals surface area contributed by atoms with E-state index in [9.17, 15) is 4.79 Å². The highest BCUT2D eigenvalue weighted by molar-refractivity contribution is 7.13. The Hall–Kier alpha value is -0.920. The van der Waals surface area contributed by atoms with Gasteiger partial charge in [0.1, 0.15) is 0 Å². The molecule has 18 heavy (non-hydrogen) atoms. The van der Waals surface area contributed by atoms with Crippen LogP contribution < -0.4 is 5.09 Å². The first kappa shape index (κ1) is 12.1. The summed E-state index contributed by atoms with van der Waals surface area (Å²) in [6.07, 6.45) is 3.74. The predicted molar refractivity (Wildman–Crippen MR) is 75.3 cm³/mol. The van der Waals surface area contributed by atoms with Crippen molar-refractivity contribution in [1.29, 1.82) is 0 Å². The molecule has 1 saturated carbocycles. The number of likely N-dealkylation sites (tertiary alicyclic amines) is 1. The molecule has 2 aliphatic rings. The lowest BCUT2D eigenvalue weighted by molar-refractivity contribution is 0.0733. The summed E-state index contributed by atoms with van der Waals surface area (Å²) < 4.78 is 0. The quantitative estimate of drug-likeness (QED) is 0.846. The van der Waals surface area contributed by atoms with Gasteiger partial charge in [0, 0.05) is 24.7 Å². The lowest BCUT2D eigenvalue weighted by Gasteiger charge is -2.24. The van der Waals surface area contributed by atoms with Gasteiger partial charge in [0.25, 0.3) is 5.91 Å². The van der Waals surface area contributed by atoms with Gasteiger partial charge in [-0.15, -0.1) is 0 Å². The molecule has 1 spiro atoms. The van der Waals surface area contributed by atoms with Crippen LogP contribution in [-0.2, 0) is 0 Å². The zero-order valence-corrected chi connectivity index (χ0v) is 11.6. The molecule has 1 amide bonds. The van der Waals surface area contributed by atoms with Crippen LogP contribution in [0.3, 0.4) is 0 Å². The molecule has 3 nitrogen and oxygen atoms in total. The Labute approximate surface area is 110 Å². The minimum Gasteiger partial charge on any atom is -0.334 e. The Morgan fingerprint density at radius 2 is 2.11 bits per heavy atom. The molecule has 1 aromatic rings. The molecule has 1 aromatic carbocycles. The number of amides is 1. The second-order valence-corrected chi connectivity index (χ2v) is 5.97. The van der Waals surface area contributed by atoms with Crippen molar-refractivity contribution in [2.75, 3.05) is 13.1 Å². The summed E-state index contributed by atoms with van der Waals surface area (Å²) in [7, 11) is 2.54. The Kier molecular flexibility index (Phi) is 3.13. The second kappa shape index (κ2) is 4.64. The minimum absolute atomic E-state index is 0.185. The molecule has 3 rings (SSSR count). The zero-order chi connectivity index (χ0) is 12.6. The Morgan fingerprint density at radius 3 is 2.72 bits per heavy atom. The normalized spacial score (nSPS) is 24.5. The van der Waals surface area contributed by atoms with E-state index in [1.165, 1.54) is 12.8 Å². The summed E-state index contributed by atoms with van der Waals surface area (Å²) >= 11 is 0. The van der Waals surface area contributed by atoms with E-state index in [-0.39, 0.29) is 5.91 Å². The maximum absolute atomic E-state index is 12.5. The van der Waals surface area contributed by atoms with E-state index in [1.807, 2.05) is 30.3 Å². The van der Waals surface area contributed by atoms with E-state index in [1.54, 1.807) is 0 Å². The highest BCUT2D eigenvalue weighted by Crippen LogP contribution is 2.54. The van der Waals surface area contributed by atoms with Crippen molar-refractivity contribution in [2.24, 2.45) is 5.41 Å². The fourth-order valence-corrected chi connectivity index (χ4v) is 3.28. The Morgan fingerprint density at radius 1 is 1.39 bits per heavy atom. The minimum atomic E-state index is 0.185. The van der Waals surface area contributed by atoms with Crippen molar-refractivity contribution in [3.8, 4) is 0 Å². The molecule has 1 aliphatic heterocycles. The van der Waals surface area contributed by atoms with E-state index in [2.05, 4.69) is 19.4 Å². The summed E-state index contributed by atoms with van der Waals surface area (Å²) in [5.41, 5.74) is 1.26.